The Morgan fingerprint density at radius 2 is 2.00 bits per heavy atom. The molecule has 0 atom stereocenters. The van der Waals surface area contributed by atoms with Gasteiger partial charge >= 0.3 is 0 Å². The van der Waals surface area contributed by atoms with E-state index in [4.69, 9.17) is 11.5 Å². The summed E-state index contributed by atoms with van der Waals surface area (Å²) in [6.45, 7) is 3.54. The van der Waals surface area contributed by atoms with E-state index in [0.29, 0.717) is 17.1 Å². The average molecular weight is 236 g/mol. The first-order valence-electron chi connectivity index (χ1n) is 4.96. The van der Waals surface area contributed by atoms with Gasteiger partial charge in [-0.25, -0.2) is 0 Å². The molecule has 4 heteroatoms. The molecule has 0 aromatic heterocycles. The smallest absolute Gasteiger partial charge is 0.186 e. The first kappa shape index (κ1) is 12.6. The van der Waals surface area contributed by atoms with Gasteiger partial charge in [0.1, 0.15) is 0 Å². The maximum atomic E-state index is 10.7. The van der Waals surface area contributed by atoms with Crippen LogP contribution < -0.4 is 11.5 Å². The lowest BCUT2D eigenvalue weighted by atomic mass is 10.1. The Morgan fingerprint density at radius 1 is 1.38 bits per heavy atom. The molecule has 3 nitrogen and oxygen atoms in total. The molecule has 0 unspecified atom stereocenters. The molecule has 0 aliphatic carbocycles. The molecule has 1 aromatic carbocycles. The van der Waals surface area contributed by atoms with Gasteiger partial charge < -0.3 is 11.5 Å². The van der Waals surface area contributed by atoms with Crippen molar-refractivity contribution in [1.82, 2.24) is 0 Å². The summed E-state index contributed by atoms with van der Waals surface area (Å²) in [4.78, 5) is 10.7. The molecule has 0 spiro atoms. The number of hydrogen-bond acceptors (Lipinski definition) is 4. The van der Waals surface area contributed by atoms with Crippen LogP contribution in [0.2, 0.25) is 0 Å². The number of rotatable bonds is 3. The second-order valence-corrected chi connectivity index (χ2v) is 4.74. The predicted octanol–water partition coefficient (Wildman–Crippen LogP) is 2.45. The van der Waals surface area contributed by atoms with E-state index < -0.39 is 0 Å². The monoisotopic (exact) mass is 236 g/mol. The van der Waals surface area contributed by atoms with Gasteiger partial charge in [0.15, 0.2) is 5.12 Å². The van der Waals surface area contributed by atoms with Crippen LogP contribution in [0.25, 0.3) is 6.08 Å². The van der Waals surface area contributed by atoms with Crippen molar-refractivity contribution in [3.8, 4) is 0 Å². The van der Waals surface area contributed by atoms with E-state index in [1.807, 2.05) is 31.2 Å². The molecule has 86 valence electrons. The van der Waals surface area contributed by atoms with Gasteiger partial charge in [-0.2, -0.15) is 0 Å². The van der Waals surface area contributed by atoms with E-state index in [0.717, 1.165) is 11.1 Å². The summed E-state index contributed by atoms with van der Waals surface area (Å²) < 4.78 is 0. The van der Waals surface area contributed by atoms with Crippen LogP contribution in [0.15, 0.2) is 18.2 Å². The summed E-state index contributed by atoms with van der Waals surface area (Å²) in [6, 6.07) is 3.70. The number of aryl methyl sites for hydroxylation is 1. The molecular formula is C12H16N2OS. The lowest BCUT2D eigenvalue weighted by Crippen LogP contribution is -1.96. The Kier molecular flexibility index (Phi) is 4.43. The van der Waals surface area contributed by atoms with Gasteiger partial charge in [0.25, 0.3) is 0 Å². The zero-order chi connectivity index (χ0) is 12.1. The fourth-order valence-corrected chi connectivity index (χ4v) is 1.71. The fourth-order valence-electron chi connectivity index (χ4n) is 1.28. The van der Waals surface area contributed by atoms with Crippen LogP contribution in [0.4, 0.5) is 11.4 Å². The van der Waals surface area contributed by atoms with Crippen molar-refractivity contribution in [3.63, 3.8) is 0 Å². The lowest BCUT2D eigenvalue weighted by Gasteiger charge is -2.05. The van der Waals surface area contributed by atoms with Crippen LogP contribution in [0.3, 0.4) is 0 Å². The average Bonchev–Trinajstić information content (AvgIpc) is 2.19. The Hall–Kier alpha value is -1.42. The Bertz CT molecular complexity index is 427. The van der Waals surface area contributed by atoms with Gasteiger partial charge in [-0.1, -0.05) is 23.9 Å². The molecule has 16 heavy (non-hydrogen) atoms. The molecule has 0 radical (unpaired) electrons. The number of nitrogen functional groups attached to an aromatic ring is 2. The first-order chi connectivity index (χ1) is 7.50. The van der Waals surface area contributed by atoms with Crippen LogP contribution in [-0.4, -0.2) is 10.9 Å². The van der Waals surface area contributed by atoms with Gasteiger partial charge in [-0.05, 0) is 30.2 Å². The minimum atomic E-state index is 0.123. The second-order valence-electron chi connectivity index (χ2n) is 3.54. The first-order valence-corrected chi connectivity index (χ1v) is 5.94. The Labute approximate surface area is 99.9 Å². The predicted molar refractivity (Wildman–Crippen MR) is 72.2 cm³/mol. The third-order valence-electron chi connectivity index (χ3n) is 2.15. The number of thioether (sulfide) groups is 1. The molecule has 0 heterocycles. The topological polar surface area (TPSA) is 69.1 Å². The van der Waals surface area contributed by atoms with Crippen molar-refractivity contribution >= 4 is 34.3 Å². The van der Waals surface area contributed by atoms with Crippen LogP contribution in [0.5, 0.6) is 0 Å². The Balaban J connectivity index is 2.73. The summed E-state index contributed by atoms with van der Waals surface area (Å²) in [5.74, 6) is 0.680. The minimum absolute atomic E-state index is 0.123. The lowest BCUT2D eigenvalue weighted by molar-refractivity contribution is -0.109. The molecule has 0 saturated heterocycles. The second kappa shape index (κ2) is 5.61. The molecule has 0 saturated carbocycles. The molecule has 0 aliphatic heterocycles. The number of hydrogen-bond donors (Lipinski definition) is 2. The standard InChI is InChI=1S/C12H16N2OS/c1-8-6-11(13)12(14)7-10(8)4-3-5-16-9(2)15/h3-4,6-7H,5,13-14H2,1-2H3. The highest BCUT2D eigenvalue weighted by molar-refractivity contribution is 8.13. The molecule has 1 rings (SSSR count). The fraction of sp³-hybridized carbons (Fsp3) is 0.250. The maximum Gasteiger partial charge on any atom is 0.186 e. The largest absolute Gasteiger partial charge is 0.397 e. The third-order valence-corrected chi connectivity index (χ3v) is 2.92. The summed E-state index contributed by atoms with van der Waals surface area (Å²) >= 11 is 1.28. The molecular weight excluding hydrogens is 220 g/mol. The van der Waals surface area contributed by atoms with Gasteiger partial charge in [0.2, 0.25) is 0 Å². The van der Waals surface area contributed by atoms with Crippen LogP contribution >= 0.6 is 11.8 Å². The third kappa shape index (κ3) is 3.62. The van der Waals surface area contributed by atoms with Gasteiger partial charge in [0, 0.05) is 12.7 Å². The van der Waals surface area contributed by atoms with Crippen molar-refractivity contribution in [2.75, 3.05) is 17.2 Å². The normalized spacial score (nSPS) is 10.9. The number of carbonyl (C=O) groups is 1. The summed E-state index contributed by atoms with van der Waals surface area (Å²) in [5, 5.41) is 0.123. The number of benzene rings is 1. The molecule has 0 aliphatic rings. The van der Waals surface area contributed by atoms with E-state index in [9.17, 15) is 4.79 Å². The zero-order valence-corrected chi connectivity index (χ0v) is 10.3. The van der Waals surface area contributed by atoms with Crippen molar-refractivity contribution in [1.29, 1.82) is 0 Å². The summed E-state index contributed by atoms with van der Waals surface area (Å²) in [5.41, 5.74) is 14.7. The van der Waals surface area contributed by atoms with Crippen molar-refractivity contribution in [3.05, 3.63) is 29.3 Å². The molecule has 4 N–H and O–H groups in total. The number of nitrogens with two attached hydrogens (primary N) is 2. The quantitative estimate of drug-likeness (QED) is 0.791. The van der Waals surface area contributed by atoms with E-state index >= 15 is 0 Å². The molecule has 0 bridgehead atoms. The van der Waals surface area contributed by atoms with E-state index in [-0.39, 0.29) is 5.12 Å². The highest BCUT2D eigenvalue weighted by Gasteiger charge is 1.99. The Morgan fingerprint density at radius 3 is 2.62 bits per heavy atom. The van der Waals surface area contributed by atoms with Crippen molar-refractivity contribution < 1.29 is 4.79 Å². The molecule has 1 aromatic rings. The summed E-state index contributed by atoms with van der Waals surface area (Å²) in [7, 11) is 0. The van der Waals surface area contributed by atoms with Crippen LogP contribution in [0.1, 0.15) is 18.1 Å². The zero-order valence-electron chi connectivity index (χ0n) is 9.49. The van der Waals surface area contributed by atoms with Crippen LogP contribution in [0, 0.1) is 6.92 Å². The molecule has 0 fully saturated rings. The van der Waals surface area contributed by atoms with Crippen LogP contribution in [-0.2, 0) is 4.79 Å². The van der Waals surface area contributed by atoms with Gasteiger partial charge in [0.05, 0.1) is 11.4 Å². The number of carbonyl (C=O) groups excluding carboxylic acids is 1. The highest BCUT2D eigenvalue weighted by Crippen LogP contribution is 2.21. The van der Waals surface area contributed by atoms with Gasteiger partial charge in [-0.3, -0.25) is 4.79 Å². The van der Waals surface area contributed by atoms with E-state index in [1.165, 1.54) is 11.8 Å². The highest BCUT2D eigenvalue weighted by atomic mass is 32.2. The maximum absolute atomic E-state index is 10.7. The van der Waals surface area contributed by atoms with Gasteiger partial charge in [-0.15, -0.1) is 0 Å². The SMILES string of the molecule is CC(=O)SCC=Cc1cc(N)c(N)cc1C. The van der Waals surface area contributed by atoms with E-state index in [2.05, 4.69) is 0 Å². The van der Waals surface area contributed by atoms with Crippen molar-refractivity contribution in [2.24, 2.45) is 0 Å². The summed E-state index contributed by atoms with van der Waals surface area (Å²) in [6.07, 6.45) is 3.91. The van der Waals surface area contributed by atoms with E-state index in [1.54, 1.807) is 6.92 Å². The van der Waals surface area contributed by atoms with Crippen molar-refractivity contribution in [2.45, 2.75) is 13.8 Å². The number of anilines is 2. The molecule has 0 amide bonds. The minimum Gasteiger partial charge on any atom is -0.397 e.